The van der Waals surface area contributed by atoms with Crippen molar-refractivity contribution in [1.29, 1.82) is 0 Å². The van der Waals surface area contributed by atoms with E-state index >= 15 is 0 Å². The first-order chi connectivity index (χ1) is 7.59. The maximum atomic E-state index is 10.2. The van der Waals surface area contributed by atoms with Crippen molar-refractivity contribution >= 4 is 15.9 Å². The zero-order valence-corrected chi connectivity index (χ0v) is 10.8. The summed E-state index contributed by atoms with van der Waals surface area (Å²) in [6.07, 6.45) is 0.913. The summed E-state index contributed by atoms with van der Waals surface area (Å²) in [5.74, 6) is 0. The van der Waals surface area contributed by atoms with E-state index in [1.165, 1.54) is 11.1 Å². The van der Waals surface area contributed by atoms with Gasteiger partial charge >= 0.3 is 0 Å². The SMILES string of the molecule is Cc1ccc(C(O)c2ccoc2Br)cc1C. The minimum atomic E-state index is -0.646. The van der Waals surface area contributed by atoms with E-state index in [2.05, 4.69) is 22.9 Å². The van der Waals surface area contributed by atoms with Crippen molar-refractivity contribution in [3.8, 4) is 0 Å². The van der Waals surface area contributed by atoms with Gasteiger partial charge < -0.3 is 9.52 Å². The molecule has 84 valence electrons. The maximum absolute atomic E-state index is 10.2. The Balaban J connectivity index is 2.38. The van der Waals surface area contributed by atoms with Crippen LogP contribution in [-0.2, 0) is 0 Å². The van der Waals surface area contributed by atoms with Crippen LogP contribution < -0.4 is 0 Å². The monoisotopic (exact) mass is 280 g/mol. The lowest BCUT2D eigenvalue weighted by atomic mass is 10.00. The molecule has 0 amide bonds. The molecule has 3 heteroatoms. The molecular weight excluding hydrogens is 268 g/mol. The normalized spacial score (nSPS) is 12.8. The van der Waals surface area contributed by atoms with Crippen molar-refractivity contribution in [3.05, 3.63) is 57.5 Å². The van der Waals surface area contributed by atoms with Gasteiger partial charge in [0, 0.05) is 5.56 Å². The molecule has 1 heterocycles. The average Bonchev–Trinajstić information content (AvgIpc) is 2.67. The Labute approximate surface area is 103 Å². The van der Waals surface area contributed by atoms with Gasteiger partial charge in [0.25, 0.3) is 0 Å². The van der Waals surface area contributed by atoms with E-state index in [0.29, 0.717) is 4.67 Å². The summed E-state index contributed by atoms with van der Waals surface area (Å²) in [6, 6.07) is 7.72. The van der Waals surface area contributed by atoms with Crippen molar-refractivity contribution < 1.29 is 9.52 Å². The molecule has 1 aromatic carbocycles. The molecule has 0 saturated carbocycles. The first kappa shape index (κ1) is 11.4. The van der Waals surface area contributed by atoms with Crippen LogP contribution in [0.3, 0.4) is 0 Å². The van der Waals surface area contributed by atoms with E-state index < -0.39 is 6.10 Å². The summed E-state index contributed by atoms with van der Waals surface area (Å²) in [4.78, 5) is 0. The summed E-state index contributed by atoms with van der Waals surface area (Å²) < 4.78 is 5.70. The second kappa shape index (κ2) is 4.44. The lowest BCUT2D eigenvalue weighted by molar-refractivity contribution is 0.218. The van der Waals surface area contributed by atoms with Crippen LogP contribution >= 0.6 is 15.9 Å². The summed E-state index contributed by atoms with van der Waals surface area (Å²) in [6.45, 7) is 4.09. The van der Waals surface area contributed by atoms with Crippen LogP contribution in [0.25, 0.3) is 0 Å². The quantitative estimate of drug-likeness (QED) is 0.909. The van der Waals surface area contributed by atoms with Crippen molar-refractivity contribution in [2.24, 2.45) is 0 Å². The van der Waals surface area contributed by atoms with E-state index in [-0.39, 0.29) is 0 Å². The minimum Gasteiger partial charge on any atom is -0.457 e. The fourth-order valence-corrected chi connectivity index (χ4v) is 2.07. The lowest BCUT2D eigenvalue weighted by Gasteiger charge is -2.11. The van der Waals surface area contributed by atoms with Gasteiger partial charge in [-0.3, -0.25) is 0 Å². The molecule has 1 aromatic heterocycles. The van der Waals surface area contributed by atoms with Crippen LogP contribution in [0.15, 0.2) is 39.6 Å². The Bertz CT molecular complexity index is 502. The summed E-state index contributed by atoms with van der Waals surface area (Å²) >= 11 is 3.27. The predicted octanol–water partition coefficient (Wildman–Crippen LogP) is 3.74. The molecule has 1 N–H and O–H groups in total. The number of aliphatic hydroxyl groups excluding tert-OH is 1. The molecule has 2 nitrogen and oxygen atoms in total. The number of hydrogen-bond donors (Lipinski definition) is 1. The maximum Gasteiger partial charge on any atom is 0.175 e. The van der Waals surface area contributed by atoms with E-state index in [4.69, 9.17) is 4.42 Å². The molecule has 0 bridgehead atoms. The standard InChI is InChI=1S/C13H13BrO2/c1-8-3-4-10(7-9(8)2)12(15)11-5-6-16-13(11)14/h3-7,12,15H,1-2H3. The Morgan fingerprint density at radius 2 is 1.94 bits per heavy atom. The Kier molecular flexibility index (Phi) is 3.17. The number of hydrogen-bond acceptors (Lipinski definition) is 2. The molecule has 0 saturated heterocycles. The van der Waals surface area contributed by atoms with Crippen LogP contribution in [0, 0.1) is 13.8 Å². The van der Waals surface area contributed by atoms with E-state index in [1.807, 2.05) is 25.1 Å². The third kappa shape index (κ3) is 2.06. The first-order valence-corrected chi connectivity index (χ1v) is 5.87. The molecule has 0 aliphatic rings. The highest BCUT2D eigenvalue weighted by molar-refractivity contribution is 9.10. The Hall–Kier alpha value is -1.06. The van der Waals surface area contributed by atoms with Gasteiger partial charge in [-0.1, -0.05) is 18.2 Å². The number of furan rings is 1. The number of rotatable bonds is 2. The average molecular weight is 281 g/mol. The molecular formula is C13H13BrO2. The molecule has 16 heavy (non-hydrogen) atoms. The van der Waals surface area contributed by atoms with Gasteiger partial charge in [-0.05, 0) is 52.5 Å². The van der Waals surface area contributed by atoms with Crippen LogP contribution in [-0.4, -0.2) is 5.11 Å². The second-order valence-corrected chi connectivity index (χ2v) is 4.62. The van der Waals surface area contributed by atoms with Gasteiger partial charge in [-0.25, -0.2) is 0 Å². The highest BCUT2D eigenvalue weighted by atomic mass is 79.9. The molecule has 2 aromatic rings. The van der Waals surface area contributed by atoms with Crippen LogP contribution in [0.2, 0.25) is 0 Å². The van der Waals surface area contributed by atoms with E-state index in [1.54, 1.807) is 12.3 Å². The Morgan fingerprint density at radius 1 is 1.19 bits per heavy atom. The third-order valence-electron chi connectivity index (χ3n) is 2.79. The first-order valence-electron chi connectivity index (χ1n) is 5.07. The third-order valence-corrected chi connectivity index (χ3v) is 3.43. The van der Waals surface area contributed by atoms with Gasteiger partial charge in [-0.15, -0.1) is 0 Å². The molecule has 1 unspecified atom stereocenters. The zero-order chi connectivity index (χ0) is 11.7. The molecule has 0 fully saturated rings. The minimum absolute atomic E-state index is 0.582. The number of aryl methyl sites for hydroxylation is 2. The van der Waals surface area contributed by atoms with Gasteiger partial charge in [0.05, 0.1) is 6.26 Å². The van der Waals surface area contributed by atoms with Crippen molar-refractivity contribution in [1.82, 2.24) is 0 Å². The van der Waals surface area contributed by atoms with Crippen LogP contribution in [0.5, 0.6) is 0 Å². The lowest BCUT2D eigenvalue weighted by Crippen LogP contribution is -1.99. The summed E-state index contributed by atoms with van der Waals surface area (Å²) in [7, 11) is 0. The van der Waals surface area contributed by atoms with Gasteiger partial charge in [0.1, 0.15) is 6.10 Å². The molecule has 0 aliphatic heterocycles. The van der Waals surface area contributed by atoms with Gasteiger partial charge in [-0.2, -0.15) is 0 Å². The van der Waals surface area contributed by atoms with E-state index in [9.17, 15) is 5.11 Å². The van der Waals surface area contributed by atoms with Crippen LogP contribution in [0.4, 0.5) is 0 Å². The number of benzene rings is 1. The summed E-state index contributed by atoms with van der Waals surface area (Å²) in [5, 5.41) is 10.2. The number of halogens is 1. The highest BCUT2D eigenvalue weighted by Crippen LogP contribution is 2.30. The molecule has 0 spiro atoms. The van der Waals surface area contributed by atoms with Gasteiger partial charge in [0.15, 0.2) is 4.67 Å². The Morgan fingerprint density at radius 3 is 2.50 bits per heavy atom. The topological polar surface area (TPSA) is 33.4 Å². The summed E-state index contributed by atoms with van der Waals surface area (Å²) in [5.41, 5.74) is 4.03. The smallest absolute Gasteiger partial charge is 0.175 e. The number of aliphatic hydroxyl groups is 1. The van der Waals surface area contributed by atoms with E-state index in [0.717, 1.165) is 11.1 Å². The molecule has 2 rings (SSSR count). The second-order valence-electron chi connectivity index (χ2n) is 3.90. The largest absolute Gasteiger partial charge is 0.457 e. The molecule has 1 atom stereocenters. The van der Waals surface area contributed by atoms with Crippen molar-refractivity contribution in [2.45, 2.75) is 20.0 Å². The van der Waals surface area contributed by atoms with Crippen molar-refractivity contribution in [2.75, 3.05) is 0 Å². The molecule has 0 radical (unpaired) electrons. The van der Waals surface area contributed by atoms with Gasteiger partial charge in [0.2, 0.25) is 0 Å². The molecule has 0 aliphatic carbocycles. The zero-order valence-electron chi connectivity index (χ0n) is 9.20. The van der Waals surface area contributed by atoms with Crippen LogP contribution in [0.1, 0.15) is 28.4 Å². The highest BCUT2D eigenvalue weighted by Gasteiger charge is 2.16. The fourth-order valence-electron chi connectivity index (χ4n) is 1.61. The fraction of sp³-hybridized carbons (Fsp3) is 0.231. The predicted molar refractivity (Wildman–Crippen MR) is 66.4 cm³/mol. The van der Waals surface area contributed by atoms with Crippen molar-refractivity contribution in [3.63, 3.8) is 0 Å².